The van der Waals surface area contributed by atoms with Crippen LogP contribution in [-0.4, -0.2) is 16.8 Å². The van der Waals surface area contributed by atoms with Gasteiger partial charge in [-0.3, -0.25) is 14.5 Å². The molecule has 0 spiro atoms. The molecule has 1 N–H and O–H groups in total. The Morgan fingerprint density at radius 2 is 1.56 bits per heavy atom. The maximum Gasteiger partial charge on any atom is 0.416 e. The molecule has 0 radical (unpaired) electrons. The molecule has 4 nitrogen and oxygen atoms in total. The number of anilines is 1. The molecule has 0 unspecified atom stereocenters. The molecule has 4 rings (SSSR count). The second-order valence-electron chi connectivity index (χ2n) is 7.13. The summed E-state index contributed by atoms with van der Waals surface area (Å²) in [6.07, 6.45) is -4.62. The first-order chi connectivity index (χ1) is 15.2. The van der Waals surface area contributed by atoms with E-state index in [4.69, 9.17) is 0 Å². The molecule has 1 aliphatic heterocycles. The van der Waals surface area contributed by atoms with Gasteiger partial charge in [-0.25, -0.2) is 0 Å². The van der Waals surface area contributed by atoms with Crippen molar-refractivity contribution >= 4 is 39.1 Å². The van der Waals surface area contributed by atoms with Gasteiger partial charge in [0.2, 0.25) is 0 Å². The van der Waals surface area contributed by atoms with E-state index in [9.17, 15) is 27.9 Å². The summed E-state index contributed by atoms with van der Waals surface area (Å²) in [5.41, 5.74) is -0.462. The maximum atomic E-state index is 13.3. The predicted octanol–water partition coefficient (Wildman–Crippen LogP) is 6.09. The third-order valence-electron chi connectivity index (χ3n) is 5.13. The Balaban J connectivity index is 1.94. The zero-order valence-corrected chi connectivity index (χ0v) is 17.9. The van der Waals surface area contributed by atoms with E-state index < -0.39 is 35.2 Å². The van der Waals surface area contributed by atoms with Crippen LogP contribution in [0.4, 0.5) is 18.9 Å². The van der Waals surface area contributed by atoms with Crippen molar-refractivity contribution in [3.8, 4) is 0 Å². The van der Waals surface area contributed by atoms with E-state index in [0.29, 0.717) is 11.1 Å². The average molecular weight is 502 g/mol. The van der Waals surface area contributed by atoms with Crippen molar-refractivity contribution in [3.63, 3.8) is 0 Å². The number of nitrogens with zero attached hydrogens (tertiary/aromatic N) is 1. The molecule has 1 aliphatic rings. The summed E-state index contributed by atoms with van der Waals surface area (Å²) in [6.45, 7) is 0. The quantitative estimate of drug-likeness (QED) is 0.268. The van der Waals surface area contributed by atoms with Gasteiger partial charge in [0.1, 0.15) is 5.76 Å². The predicted molar refractivity (Wildman–Crippen MR) is 117 cm³/mol. The molecule has 32 heavy (non-hydrogen) atoms. The molecule has 0 aromatic heterocycles. The van der Waals surface area contributed by atoms with Crippen molar-refractivity contribution in [1.29, 1.82) is 0 Å². The van der Waals surface area contributed by atoms with E-state index in [1.165, 1.54) is 12.1 Å². The fourth-order valence-electron chi connectivity index (χ4n) is 3.64. The highest BCUT2D eigenvalue weighted by atomic mass is 79.9. The van der Waals surface area contributed by atoms with E-state index in [0.717, 1.165) is 21.5 Å². The number of aliphatic hydroxyl groups excluding tert-OH is 1. The van der Waals surface area contributed by atoms with Gasteiger partial charge in [-0.15, -0.1) is 0 Å². The van der Waals surface area contributed by atoms with Crippen LogP contribution in [0.1, 0.15) is 22.7 Å². The van der Waals surface area contributed by atoms with Crippen LogP contribution in [0.5, 0.6) is 0 Å². The molecule has 8 heteroatoms. The van der Waals surface area contributed by atoms with Crippen molar-refractivity contribution in [2.45, 2.75) is 12.2 Å². The SMILES string of the molecule is O=C1C(=O)N(c2cccc(C(F)(F)F)c2)[C@@H](c2ccc(Br)cc2)/C1=C(\O)c1ccccc1. The third-order valence-corrected chi connectivity index (χ3v) is 5.66. The topological polar surface area (TPSA) is 57.6 Å². The second kappa shape index (κ2) is 8.27. The van der Waals surface area contributed by atoms with Crippen LogP contribution in [0, 0.1) is 0 Å². The summed E-state index contributed by atoms with van der Waals surface area (Å²) in [6, 6.07) is 17.9. The van der Waals surface area contributed by atoms with Crippen LogP contribution in [0.15, 0.2) is 88.9 Å². The lowest BCUT2D eigenvalue weighted by Gasteiger charge is -2.26. The van der Waals surface area contributed by atoms with Gasteiger partial charge < -0.3 is 5.11 Å². The molecule has 0 saturated carbocycles. The van der Waals surface area contributed by atoms with Crippen LogP contribution < -0.4 is 4.90 Å². The lowest BCUT2D eigenvalue weighted by atomic mass is 9.95. The minimum atomic E-state index is -4.62. The number of ketones is 1. The van der Waals surface area contributed by atoms with Crippen molar-refractivity contribution < 1.29 is 27.9 Å². The smallest absolute Gasteiger partial charge is 0.416 e. The number of carbonyl (C=O) groups is 2. The molecule has 162 valence electrons. The van der Waals surface area contributed by atoms with Crippen LogP contribution in [-0.2, 0) is 15.8 Å². The number of aliphatic hydroxyl groups is 1. The minimum Gasteiger partial charge on any atom is -0.507 e. The van der Waals surface area contributed by atoms with Crippen molar-refractivity contribution in [2.24, 2.45) is 0 Å². The molecule has 0 bridgehead atoms. The normalized spacial score (nSPS) is 18.2. The van der Waals surface area contributed by atoms with Crippen LogP contribution >= 0.6 is 15.9 Å². The highest BCUT2D eigenvalue weighted by Gasteiger charge is 2.47. The van der Waals surface area contributed by atoms with Gasteiger partial charge in [0.25, 0.3) is 11.7 Å². The first-order valence-corrected chi connectivity index (χ1v) is 10.3. The number of carbonyl (C=O) groups excluding carboxylic acids is 2. The molecular formula is C24H15BrF3NO3. The summed E-state index contributed by atoms with van der Waals surface area (Å²) in [5.74, 6) is -2.39. The Kier molecular flexibility index (Phi) is 5.64. The monoisotopic (exact) mass is 501 g/mol. The summed E-state index contributed by atoms with van der Waals surface area (Å²) in [5, 5.41) is 10.9. The Morgan fingerprint density at radius 1 is 0.906 bits per heavy atom. The van der Waals surface area contributed by atoms with Gasteiger partial charge in [0.05, 0.1) is 17.2 Å². The fourth-order valence-corrected chi connectivity index (χ4v) is 3.91. The number of benzene rings is 3. The van der Waals surface area contributed by atoms with Gasteiger partial charge in [0, 0.05) is 15.7 Å². The molecule has 1 atom stereocenters. The van der Waals surface area contributed by atoms with Crippen LogP contribution in [0.25, 0.3) is 5.76 Å². The van der Waals surface area contributed by atoms with E-state index in [-0.39, 0.29) is 11.3 Å². The van der Waals surface area contributed by atoms with E-state index in [1.807, 2.05) is 0 Å². The molecule has 3 aromatic carbocycles. The van der Waals surface area contributed by atoms with Gasteiger partial charge in [-0.1, -0.05) is 64.5 Å². The molecule has 1 saturated heterocycles. The highest BCUT2D eigenvalue weighted by Crippen LogP contribution is 2.43. The van der Waals surface area contributed by atoms with Crippen molar-refractivity contribution in [3.05, 3.63) is 106 Å². The second-order valence-corrected chi connectivity index (χ2v) is 8.05. The number of rotatable bonds is 3. The number of amides is 1. The zero-order valence-electron chi connectivity index (χ0n) is 16.3. The molecule has 1 fully saturated rings. The standard InChI is InChI=1S/C24H15BrF3NO3/c25-17-11-9-14(10-12-17)20-19(21(30)15-5-2-1-3-6-15)22(31)23(32)29(20)18-8-4-7-16(13-18)24(26,27)28/h1-13,20,30H/b21-19+/t20-/m0/s1. The lowest BCUT2D eigenvalue weighted by Crippen LogP contribution is -2.29. The van der Waals surface area contributed by atoms with E-state index >= 15 is 0 Å². The Labute approximate surface area is 189 Å². The van der Waals surface area contributed by atoms with Gasteiger partial charge >= 0.3 is 6.18 Å². The minimum absolute atomic E-state index is 0.0954. The number of halogens is 4. The maximum absolute atomic E-state index is 13.3. The first kappa shape index (κ1) is 21.8. The fraction of sp³-hybridized carbons (Fsp3) is 0.0833. The molecule has 1 amide bonds. The van der Waals surface area contributed by atoms with Crippen molar-refractivity contribution in [1.82, 2.24) is 0 Å². The molecule has 3 aromatic rings. The van der Waals surface area contributed by atoms with Gasteiger partial charge in [-0.2, -0.15) is 13.2 Å². The summed E-state index contributed by atoms with van der Waals surface area (Å²) >= 11 is 3.32. The van der Waals surface area contributed by atoms with Gasteiger partial charge in [0.15, 0.2) is 0 Å². The van der Waals surface area contributed by atoms with E-state index in [2.05, 4.69) is 15.9 Å². The highest BCUT2D eigenvalue weighted by molar-refractivity contribution is 9.10. The first-order valence-electron chi connectivity index (χ1n) is 9.47. The Morgan fingerprint density at radius 3 is 2.19 bits per heavy atom. The molecule has 1 heterocycles. The Hall–Kier alpha value is -3.39. The Bertz CT molecular complexity index is 1220. The molecule has 0 aliphatic carbocycles. The van der Waals surface area contributed by atoms with Crippen molar-refractivity contribution in [2.75, 3.05) is 4.90 Å². The van der Waals surface area contributed by atoms with E-state index in [1.54, 1.807) is 54.6 Å². The number of alkyl halides is 3. The summed E-state index contributed by atoms with van der Waals surface area (Å²) in [4.78, 5) is 27.0. The number of hydrogen-bond acceptors (Lipinski definition) is 3. The van der Waals surface area contributed by atoms with Gasteiger partial charge in [-0.05, 0) is 35.9 Å². The summed E-state index contributed by atoms with van der Waals surface area (Å²) < 4.78 is 40.6. The molecular weight excluding hydrogens is 487 g/mol. The average Bonchev–Trinajstić information content (AvgIpc) is 3.04. The zero-order chi connectivity index (χ0) is 23.0. The largest absolute Gasteiger partial charge is 0.507 e. The van der Waals surface area contributed by atoms with Crippen LogP contribution in [0.3, 0.4) is 0 Å². The number of hydrogen-bond donors (Lipinski definition) is 1. The lowest BCUT2D eigenvalue weighted by molar-refractivity contribution is -0.137. The third kappa shape index (κ3) is 3.93. The number of Topliss-reactive ketones (excluding diaryl/α,β-unsaturated/α-hetero) is 1. The van der Waals surface area contributed by atoms with Crippen LogP contribution in [0.2, 0.25) is 0 Å². The summed E-state index contributed by atoms with van der Waals surface area (Å²) in [7, 11) is 0.